The van der Waals surface area contributed by atoms with Gasteiger partial charge in [0.15, 0.2) is 0 Å². The Morgan fingerprint density at radius 1 is 0.677 bits per heavy atom. The monoisotopic (exact) mass is 424 g/mol. The van der Waals surface area contributed by atoms with Crippen LogP contribution in [0.25, 0.3) is 43.8 Å². The van der Waals surface area contributed by atoms with E-state index in [9.17, 15) is 0 Å². The summed E-state index contributed by atoms with van der Waals surface area (Å²) in [5.41, 5.74) is 7.51. The summed E-state index contributed by atoms with van der Waals surface area (Å²) in [4.78, 5) is 0. The third-order valence-electron chi connectivity index (χ3n) is 7.13. The molecule has 0 bridgehead atoms. The van der Waals surface area contributed by atoms with Crippen molar-refractivity contribution >= 4 is 44.3 Å². The fourth-order valence-electron chi connectivity index (χ4n) is 5.93. The maximum atomic E-state index is 6.46. The molecule has 4 aromatic carbocycles. The van der Waals surface area contributed by atoms with Gasteiger partial charge in [0.25, 0.3) is 0 Å². The van der Waals surface area contributed by atoms with Crippen LogP contribution in [0.15, 0.2) is 71.1 Å². The third-order valence-corrected chi connectivity index (χ3v) is 7.46. The Hall–Kier alpha value is -2.77. The first-order valence-corrected chi connectivity index (χ1v) is 11.3. The SMILES string of the molecule is CC1(C)CC(C)(C)c2cc3c(cc21)oc1ccc(-c2cccc4c(Cl)cccc24)cc13. The minimum absolute atomic E-state index is 0.166. The maximum Gasteiger partial charge on any atom is 0.135 e. The van der Waals surface area contributed by atoms with Crippen LogP contribution in [0.4, 0.5) is 0 Å². The highest BCUT2D eigenvalue weighted by Crippen LogP contribution is 2.51. The fourth-order valence-corrected chi connectivity index (χ4v) is 6.17. The minimum atomic E-state index is 0.166. The van der Waals surface area contributed by atoms with Gasteiger partial charge in [-0.2, -0.15) is 0 Å². The minimum Gasteiger partial charge on any atom is -0.456 e. The molecule has 0 radical (unpaired) electrons. The number of hydrogen-bond acceptors (Lipinski definition) is 1. The van der Waals surface area contributed by atoms with E-state index in [2.05, 4.69) is 82.3 Å². The molecule has 154 valence electrons. The maximum absolute atomic E-state index is 6.46. The molecule has 6 rings (SSSR count). The lowest BCUT2D eigenvalue weighted by molar-refractivity contribution is 0.403. The van der Waals surface area contributed by atoms with Crippen LogP contribution in [-0.4, -0.2) is 0 Å². The van der Waals surface area contributed by atoms with Gasteiger partial charge in [0, 0.05) is 21.2 Å². The molecule has 1 heterocycles. The lowest BCUT2D eigenvalue weighted by Gasteiger charge is -2.22. The van der Waals surface area contributed by atoms with Crippen LogP contribution in [0.5, 0.6) is 0 Å². The lowest BCUT2D eigenvalue weighted by atomic mass is 9.82. The first-order valence-electron chi connectivity index (χ1n) is 10.9. The summed E-state index contributed by atoms with van der Waals surface area (Å²) in [6.45, 7) is 9.41. The normalized spacial score (nSPS) is 16.9. The second-order valence-corrected chi connectivity index (χ2v) is 10.7. The Balaban J connectivity index is 1.62. The summed E-state index contributed by atoms with van der Waals surface area (Å²) in [6.07, 6.45) is 1.15. The zero-order chi connectivity index (χ0) is 21.5. The lowest BCUT2D eigenvalue weighted by Crippen LogP contribution is -2.17. The molecule has 0 unspecified atom stereocenters. The Labute approximate surface area is 187 Å². The van der Waals surface area contributed by atoms with E-state index >= 15 is 0 Å². The van der Waals surface area contributed by atoms with Crippen LogP contribution in [-0.2, 0) is 10.8 Å². The van der Waals surface area contributed by atoms with Crippen molar-refractivity contribution in [3.05, 3.63) is 82.9 Å². The van der Waals surface area contributed by atoms with E-state index in [1.807, 2.05) is 12.1 Å². The van der Waals surface area contributed by atoms with Crippen LogP contribution >= 0.6 is 11.6 Å². The molecule has 0 saturated heterocycles. The summed E-state index contributed by atoms with van der Waals surface area (Å²) < 4.78 is 6.32. The van der Waals surface area contributed by atoms with Gasteiger partial charge in [0.2, 0.25) is 0 Å². The summed E-state index contributed by atoms with van der Waals surface area (Å²) in [5, 5.41) is 5.43. The van der Waals surface area contributed by atoms with Crippen molar-refractivity contribution in [1.29, 1.82) is 0 Å². The molecule has 0 fully saturated rings. The zero-order valence-electron chi connectivity index (χ0n) is 18.3. The Morgan fingerprint density at radius 3 is 2.16 bits per heavy atom. The number of fused-ring (bicyclic) bond motifs is 5. The molecule has 1 nitrogen and oxygen atoms in total. The van der Waals surface area contributed by atoms with Gasteiger partial charge in [0.1, 0.15) is 11.2 Å². The topological polar surface area (TPSA) is 13.1 Å². The predicted octanol–water partition coefficient (Wildman–Crippen LogP) is 9.02. The summed E-state index contributed by atoms with van der Waals surface area (Å²) in [5.74, 6) is 0. The van der Waals surface area contributed by atoms with Crippen LogP contribution in [0.2, 0.25) is 5.02 Å². The van der Waals surface area contributed by atoms with Crippen LogP contribution in [0.3, 0.4) is 0 Å². The van der Waals surface area contributed by atoms with Crippen LogP contribution in [0, 0.1) is 0 Å². The number of furan rings is 1. The highest BCUT2D eigenvalue weighted by atomic mass is 35.5. The fraction of sp³-hybridized carbons (Fsp3) is 0.241. The van der Waals surface area contributed by atoms with Gasteiger partial charge in [-0.1, -0.05) is 75.7 Å². The molecule has 0 aliphatic heterocycles. The van der Waals surface area contributed by atoms with Crippen molar-refractivity contribution in [3.8, 4) is 11.1 Å². The summed E-state index contributed by atoms with van der Waals surface area (Å²) in [7, 11) is 0. The quantitative estimate of drug-likeness (QED) is 0.261. The second-order valence-electron chi connectivity index (χ2n) is 10.3. The van der Waals surface area contributed by atoms with Gasteiger partial charge < -0.3 is 4.42 Å². The van der Waals surface area contributed by atoms with Crippen LogP contribution < -0.4 is 0 Å². The summed E-state index contributed by atoms with van der Waals surface area (Å²) in [6, 6.07) is 23.7. The third kappa shape index (κ3) is 2.69. The molecule has 0 saturated carbocycles. The molecule has 0 amide bonds. The Kier molecular flexibility index (Phi) is 3.76. The molecular weight excluding hydrogens is 400 g/mol. The van der Waals surface area contributed by atoms with Gasteiger partial charge in [-0.25, -0.2) is 0 Å². The highest BCUT2D eigenvalue weighted by Gasteiger charge is 2.42. The molecule has 0 spiro atoms. The summed E-state index contributed by atoms with van der Waals surface area (Å²) >= 11 is 6.46. The van der Waals surface area contributed by atoms with E-state index in [0.29, 0.717) is 0 Å². The van der Waals surface area contributed by atoms with Gasteiger partial charge >= 0.3 is 0 Å². The molecule has 5 aromatic rings. The van der Waals surface area contributed by atoms with Crippen molar-refractivity contribution in [2.75, 3.05) is 0 Å². The Morgan fingerprint density at radius 2 is 1.35 bits per heavy atom. The number of rotatable bonds is 1. The van der Waals surface area contributed by atoms with E-state index in [1.54, 1.807) is 0 Å². The number of halogens is 1. The van der Waals surface area contributed by atoms with E-state index < -0.39 is 0 Å². The molecule has 1 aromatic heterocycles. The van der Waals surface area contributed by atoms with Crippen molar-refractivity contribution in [2.24, 2.45) is 0 Å². The molecule has 2 heteroatoms. The first-order chi connectivity index (χ1) is 14.7. The van der Waals surface area contributed by atoms with Crippen LogP contribution in [0.1, 0.15) is 45.2 Å². The van der Waals surface area contributed by atoms with E-state index in [4.69, 9.17) is 16.0 Å². The smallest absolute Gasteiger partial charge is 0.135 e. The predicted molar refractivity (Wildman–Crippen MR) is 132 cm³/mol. The second kappa shape index (κ2) is 6.14. The molecular formula is C29H25ClO. The molecule has 1 aliphatic rings. The molecule has 0 N–H and O–H groups in total. The number of hydrogen-bond donors (Lipinski definition) is 0. The number of benzene rings is 4. The Bertz CT molecular complexity index is 1520. The standard InChI is InChI=1S/C29H25ClO/c1-28(2)16-29(3,4)24-15-27-22(14-23(24)28)21-13-17(11-12-26(21)31-27)18-7-5-9-20-19(18)8-6-10-25(20)30/h5-15H,16H2,1-4H3. The van der Waals surface area contributed by atoms with Crippen molar-refractivity contribution in [1.82, 2.24) is 0 Å². The molecule has 0 atom stereocenters. The molecule has 31 heavy (non-hydrogen) atoms. The highest BCUT2D eigenvalue weighted by molar-refractivity contribution is 6.36. The van der Waals surface area contributed by atoms with E-state index in [1.165, 1.54) is 38.4 Å². The van der Waals surface area contributed by atoms with Crippen molar-refractivity contribution in [3.63, 3.8) is 0 Å². The van der Waals surface area contributed by atoms with E-state index in [-0.39, 0.29) is 10.8 Å². The van der Waals surface area contributed by atoms with E-state index in [0.717, 1.165) is 28.0 Å². The zero-order valence-corrected chi connectivity index (χ0v) is 19.1. The van der Waals surface area contributed by atoms with Gasteiger partial charge in [0.05, 0.1) is 0 Å². The van der Waals surface area contributed by atoms with Gasteiger partial charge in [-0.05, 0) is 75.2 Å². The van der Waals surface area contributed by atoms with Crippen molar-refractivity contribution in [2.45, 2.75) is 44.9 Å². The average Bonchev–Trinajstić information content (AvgIpc) is 3.17. The molecule has 1 aliphatic carbocycles. The average molecular weight is 425 g/mol. The first kappa shape index (κ1) is 19.0. The van der Waals surface area contributed by atoms with Gasteiger partial charge in [-0.15, -0.1) is 0 Å². The van der Waals surface area contributed by atoms with Crippen molar-refractivity contribution < 1.29 is 4.42 Å². The van der Waals surface area contributed by atoms with Gasteiger partial charge in [-0.3, -0.25) is 0 Å². The largest absolute Gasteiger partial charge is 0.456 e.